The van der Waals surface area contributed by atoms with Crippen molar-refractivity contribution < 1.29 is 13.2 Å². The molecule has 1 amide bonds. The normalized spacial score (nSPS) is 15.8. The highest BCUT2D eigenvalue weighted by molar-refractivity contribution is 7.89. The molecule has 1 N–H and O–H groups in total. The molecule has 1 aliphatic rings. The second kappa shape index (κ2) is 10.0. The molecule has 1 saturated heterocycles. The van der Waals surface area contributed by atoms with Crippen molar-refractivity contribution in [2.45, 2.75) is 24.8 Å². The van der Waals surface area contributed by atoms with Crippen molar-refractivity contribution in [3.63, 3.8) is 0 Å². The fourth-order valence-corrected chi connectivity index (χ4v) is 4.62. The largest absolute Gasteiger partial charge is 0.336 e. The second-order valence-corrected chi connectivity index (χ2v) is 9.42. The van der Waals surface area contributed by atoms with Crippen LogP contribution in [0.4, 0.5) is 0 Å². The molecule has 7 heteroatoms. The number of carbonyl (C=O) groups is 1. The average Bonchev–Trinajstić information content (AvgIpc) is 2.74. The molecule has 0 spiro atoms. The SMILES string of the molecule is CC(C)NS(=O)(=O)c1ccc(C(=O)N2CCN(CC=Cc3ccccc3)CC2)cc1. The molecule has 6 nitrogen and oxygen atoms in total. The van der Waals surface area contributed by atoms with Gasteiger partial charge in [0.1, 0.15) is 0 Å². The summed E-state index contributed by atoms with van der Waals surface area (Å²) in [4.78, 5) is 17.1. The van der Waals surface area contributed by atoms with Crippen LogP contribution in [0.2, 0.25) is 0 Å². The van der Waals surface area contributed by atoms with E-state index >= 15 is 0 Å². The van der Waals surface area contributed by atoms with Gasteiger partial charge in [0.25, 0.3) is 5.91 Å². The molecule has 1 heterocycles. The number of hydrogen-bond donors (Lipinski definition) is 1. The van der Waals surface area contributed by atoms with Gasteiger partial charge in [-0.25, -0.2) is 13.1 Å². The molecule has 3 rings (SSSR count). The van der Waals surface area contributed by atoms with Crippen LogP contribution in [0.15, 0.2) is 65.6 Å². The Kier molecular flexibility index (Phi) is 7.42. The molecule has 160 valence electrons. The minimum atomic E-state index is -3.55. The zero-order valence-electron chi connectivity index (χ0n) is 17.5. The Hall–Kier alpha value is -2.48. The molecule has 0 saturated carbocycles. The summed E-state index contributed by atoms with van der Waals surface area (Å²) in [6.45, 7) is 7.34. The maximum Gasteiger partial charge on any atom is 0.253 e. The summed E-state index contributed by atoms with van der Waals surface area (Å²) >= 11 is 0. The number of amides is 1. The van der Waals surface area contributed by atoms with E-state index in [1.54, 1.807) is 26.0 Å². The lowest BCUT2D eigenvalue weighted by Gasteiger charge is -2.34. The van der Waals surface area contributed by atoms with Crippen LogP contribution in [0.1, 0.15) is 29.8 Å². The van der Waals surface area contributed by atoms with Crippen molar-refractivity contribution in [3.8, 4) is 0 Å². The summed E-state index contributed by atoms with van der Waals surface area (Å²) in [5, 5.41) is 0. The lowest BCUT2D eigenvalue weighted by Crippen LogP contribution is -2.48. The molecule has 1 fully saturated rings. The molecule has 30 heavy (non-hydrogen) atoms. The zero-order valence-corrected chi connectivity index (χ0v) is 18.3. The first-order valence-corrected chi connectivity index (χ1v) is 11.7. The van der Waals surface area contributed by atoms with Gasteiger partial charge < -0.3 is 4.90 Å². The first kappa shape index (κ1) is 22.2. The Morgan fingerprint density at radius 3 is 2.23 bits per heavy atom. The highest BCUT2D eigenvalue weighted by atomic mass is 32.2. The van der Waals surface area contributed by atoms with E-state index in [4.69, 9.17) is 0 Å². The van der Waals surface area contributed by atoms with Gasteiger partial charge >= 0.3 is 0 Å². The van der Waals surface area contributed by atoms with Gasteiger partial charge in [-0.05, 0) is 43.7 Å². The Labute approximate surface area is 179 Å². The first-order chi connectivity index (χ1) is 14.3. The van der Waals surface area contributed by atoms with E-state index in [1.807, 2.05) is 23.1 Å². The molecule has 0 aromatic heterocycles. The van der Waals surface area contributed by atoms with Crippen LogP contribution in [0.5, 0.6) is 0 Å². The van der Waals surface area contributed by atoms with E-state index < -0.39 is 10.0 Å². The maximum absolute atomic E-state index is 12.8. The highest BCUT2D eigenvalue weighted by Crippen LogP contribution is 2.14. The molecule has 2 aromatic rings. The number of hydrogen-bond acceptors (Lipinski definition) is 4. The minimum absolute atomic E-state index is 0.0600. The Bertz CT molecular complexity index is 963. The minimum Gasteiger partial charge on any atom is -0.336 e. The van der Waals surface area contributed by atoms with Crippen LogP contribution in [-0.4, -0.2) is 62.9 Å². The molecule has 0 unspecified atom stereocenters. The van der Waals surface area contributed by atoms with E-state index in [-0.39, 0.29) is 16.8 Å². The number of nitrogens with zero attached hydrogens (tertiary/aromatic N) is 2. The lowest BCUT2D eigenvalue weighted by atomic mass is 10.2. The van der Waals surface area contributed by atoms with E-state index in [0.717, 1.165) is 19.6 Å². The third kappa shape index (κ3) is 6.01. The summed E-state index contributed by atoms with van der Waals surface area (Å²) in [5.74, 6) is -0.0600. The predicted octanol–water partition coefficient (Wildman–Crippen LogP) is 2.84. The van der Waals surface area contributed by atoms with E-state index in [0.29, 0.717) is 18.7 Å². The van der Waals surface area contributed by atoms with Crippen molar-refractivity contribution in [1.82, 2.24) is 14.5 Å². The molecular weight excluding hydrogens is 398 g/mol. The van der Waals surface area contributed by atoms with Crippen LogP contribution in [0.25, 0.3) is 6.08 Å². The molecule has 0 aliphatic carbocycles. The quantitative estimate of drug-likeness (QED) is 0.738. The Morgan fingerprint density at radius 1 is 1.00 bits per heavy atom. The van der Waals surface area contributed by atoms with Crippen LogP contribution < -0.4 is 4.72 Å². The number of rotatable bonds is 7. The third-order valence-electron chi connectivity index (χ3n) is 4.94. The first-order valence-electron chi connectivity index (χ1n) is 10.2. The number of benzene rings is 2. The smallest absolute Gasteiger partial charge is 0.253 e. The number of sulfonamides is 1. The number of carbonyl (C=O) groups excluding carboxylic acids is 1. The van der Waals surface area contributed by atoms with Crippen molar-refractivity contribution in [3.05, 3.63) is 71.8 Å². The Morgan fingerprint density at radius 2 is 1.63 bits per heavy atom. The fraction of sp³-hybridized carbons (Fsp3) is 0.348. The van der Waals surface area contributed by atoms with Gasteiger partial charge in [0, 0.05) is 44.3 Å². The number of piperazine rings is 1. The van der Waals surface area contributed by atoms with Crippen LogP contribution in [0, 0.1) is 0 Å². The summed E-state index contributed by atoms with van der Waals surface area (Å²) in [6, 6.07) is 16.2. The van der Waals surface area contributed by atoms with Gasteiger partial charge in [-0.2, -0.15) is 0 Å². The summed E-state index contributed by atoms with van der Waals surface area (Å²) < 4.78 is 27.0. The maximum atomic E-state index is 12.8. The summed E-state index contributed by atoms with van der Waals surface area (Å²) in [7, 11) is -3.55. The fourth-order valence-electron chi connectivity index (χ4n) is 3.37. The monoisotopic (exact) mass is 427 g/mol. The lowest BCUT2D eigenvalue weighted by molar-refractivity contribution is 0.0650. The van der Waals surface area contributed by atoms with Gasteiger partial charge in [-0.3, -0.25) is 9.69 Å². The van der Waals surface area contributed by atoms with Crippen molar-refractivity contribution in [2.75, 3.05) is 32.7 Å². The zero-order chi connectivity index (χ0) is 21.6. The van der Waals surface area contributed by atoms with Crippen molar-refractivity contribution >= 4 is 22.0 Å². The Balaban J connectivity index is 1.52. The van der Waals surface area contributed by atoms with Crippen LogP contribution >= 0.6 is 0 Å². The molecular formula is C23H29N3O3S. The van der Waals surface area contributed by atoms with E-state index in [1.165, 1.54) is 17.7 Å². The molecule has 1 aliphatic heterocycles. The van der Waals surface area contributed by atoms with Crippen molar-refractivity contribution in [2.24, 2.45) is 0 Å². The van der Waals surface area contributed by atoms with Crippen molar-refractivity contribution in [1.29, 1.82) is 0 Å². The summed E-state index contributed by atoms with van der Waals surface area (Å²) in [5.41, 5.74) is 1.69. The number of nitrogens with one attached hydrogen (secondary N) is 1. The molecule has 0 atom stereocenters. The van der Waals surface area contributed by atoms with Gasteiger partial charge in [0.2, 0.25) is 10.0 Å². The molecule has 0 radical (unpaired) electrons. The topological polar surface area (TPSA) is 69.7 Å². The average molecular weight is 428 g/mol. The van der Waals surface area contributed by atoms with Gasteiger partial charge in [0.05, 0.1) is 4.90 Å². The van der Waals surface area contributed by atoms with Gasteiger partial charge in [-0.15, -0.1) is 0 Å². The van der Waals surface area contributed by atoms with Crippen LogP contribution in [0.3, 0.4) is 0 Å². The molecule has 0 bridgehead atoms. The molecule has 2 aromatic carbocycles. The van der Waals surface area contributed by atoms with Crippen LogP contribution in [-0.2, 0) is 10.0 Å². The summed E-state index contributed by atoms with van der Waals surface area (Å²) in [6.07, 6.45) is 4.26. The van der Waals surface area contributed by atoms with Gasteiger partial charge in [0.15, 0.2) is 0 Å². The predicted molar refractivity (Wildman–Crippen MR) is 120 cm³/mol. The van der Waals surface area contributed by atoms with E-state index in [2.05, 4.69) is 33.9 Å². The standard InChI is InChI=1S/C23H29N3O3S/c1-19(2)24-30(28,29)22-12-10-21(11-13-22)23(27)26-17-15-25(16-18-26)14-6-9-20-7-4-3-5-8-20/h3-13,19,24H,14-18H2,1-2H3. The second-order valence-electron chi connectivity index (χ2n) is 7.71. The van der Waals surface area contributed by atoms with E-state index in [9.17, 15) is 13.2 Å². The third-order valence-corrected chi connectivity index (χ3v) is 6.61. The van der Waals surface area contributed by atoms with Gasteiger partial charge in [-0.1, -0.05) is 42.5 Å². The highest BCUT2D eigenvalue weighted by Gasteiger charge is 2.22.